The fraction of sp³-hybridized carbons (Fsp3) is 0.235. The fourth-order valence-electron chi connectivity index (χ4n) is 2.64. The smallest absolute Gasteiger partial charge is 0.0991 e. The minimum atomic E-state index is 0.726. The van der Waals surface area contributed by atoms with Crippen LogP contribution >= 0.6 is 0 Å². The van der Waals surface area contributed by atoms with Crippen LogP contribution in [0.15, 0.2) is 48.5 Å². The lowest BCUT2D eigenvalue weighted by Crippen LogP contribution is -2.23. The van der Waals surface area contributed by atoms with E-state index in [1.165, 1.54) is 16.9 Å². The molecule has 1 aliphatic rings. The highest BCUT2D eigenvalue weighted by Crippen LogP contribution is 2.29. The van der Waals surface area contributed by atoms with E-state index in [9.17, 15) is 0 Å². The Morgan fingerprint density at radius 1 is 1.15 bits per heavy atom. The molecule has 100 valence electrons. The van der Waals surface area contributed by atoms with Crippen LogP contribution in [0.1, 0.15) is 17.5 Å². The summed E-state index contributed by atoms with van der Waals surface area (Å²) in [6.45, 7) is 2.88. The van der Waals surface area contributed by atoms with Crippen LogP contribution in [0, 0.1) is 11.3 Å². The molecule has 1 heterocycles. The minimum Gasteiger partial charge on any atom is -0.383 e. The van der Waals surface area contributed by atoms with Gasteiger partial charge in [0.25, 0.3) is 0 Å². The van der Waals surface area contributed by atoms with E-state index in [0.717, 1.165) is 31.6 Å². The van der Waals surface area contributed by atoms with Gasteiger partial charge in [-0.1, -0.05) is 24.3 Å². The van der Waals surface area contributed by atoms with Gasteiger partial charge in [0.2, 0.25) is 0 Å². The molecule has 0 atom stereocenters. The van der Waals surface area contributed by atoms with Crippen molar-refractivity contribution in [3.05, 3.63) is 59.7 Å². The largest absolute Gasteiger partial charge is 0.383 e. The maximum atomic E-state index is 9.00. The fourth-order valence-corrected chi connectivity index (χ4v) is 2.64. The highest BCUT2D eigenvalue weighted by molar-refractivity contribution is 5.70. The highest BCUT2D eigenvalue weighted by atomic mass is 15.2. The Hall–Kier alpha value is -2.47. The summed E-state index contributed by atoms with van der Waals surface area (Å²) in [7, 11) is 0. The minimum absolute atomic E-state index is 0.726. The topological polar surface area (TPSA) is 39.1 Å². The quantitative estimate of drug-likeness (QED) is 0.902. The Bertz CT molecular complexity index is 643. The Balaban J connectivity index is 1.88. The van der Waals surface area contributed by atoms with E-state index in [4.69, 9.17) is 5.26 Å². The van der Waals surface area contributed by atoms with Gasteiger partial charge >= 0.3 is 0 Å². The van der Waals surface area contributed by atoms with E-state index in [1.807, 2.05) is 18.2 Å². The normalized spacial score (nSPS) is 13.8. The van der Waals surface area contributed by atoms with Crippen LogP contribution in [-0.2, 0) is 6.54 Å². The molecule has 0 fully saturated rings. The molecule has 0 amide bonds. The second kappa shape index (κ2) is 5.66. The number of nitrogens with zero attached hydrogens (tertiary/aromatic N) is 2. The van der Waals surface area contributed by atoms with Gasteiger partial charge in [-0.05, 0) is 36.2 Å². The average Bonchev–Trinajstić information content (AvgIpc) is 2.70. The van der Waals surface area contributed by atoms with Crippen LogP contribution in [0.5, 0.6) is 0 Å². The van der Waals surface area contributed by atoms with Crippen LogP contribution in [-0.4, -0.2) is 13.1 Å². The number of anilines is 2. The molecule has 0 spiro atoms. The van der Waals surface area contributed by atoms with E-state index >= 15 is 0 Å². The third-order valence-electron chi connectivity index (χ3n) is 3.59. The van der Waals surface area contributed by atoms with Crippen molar-refractivity contribution >= 4 is 11.4 Å². The monoisotopic (exact) mass is 263 g/mol. The predicted molar refractivity (Wildman–Crippen MR) is 81.8 cm³/mol. The number of nitriles is 1. The molecule has 0 bridgehead atoms. The maximum absolute atomic E-state index is 9.00. The first kappa shape index (κ1) is 12.6. The van der Waals surface area contributed by atoms with Gasteiger partial charge in [-0.25, -0.2) is 0 Å². The maximum Gasteiger partial charge on any atom is 0.0991 e. The van der Waals surface area contributed by atoms with Gasteiger partial charge in [0.15, 0.2) is 0 Å². The Morgan fingerprint density at radius 2 is 2.05 bits per heavy atom. The summed E-state index contributed by atoms with van der Waals surface area (Å²) in [5, 5.41) is 12.5. The summed E-state index contributed by atoms with van der Waals surface area (Å²) in [6.07, 6.45) is 1.12. The third-order valence-corrected chi connectivity index (χ3v) is 3.59. The standard InChI is InChI=1S/C17H17N3/c18-12-14-5-3-6-15(11-14)13-20-10-4-9-19-16-7-1-2-8-17(16)20/h1-3,5-8,11,19H,4,9-10,13H2. The molecule has 3 heteroatoms. The molecule has 0 saturated heterocycles. The van der Waals surface area contributed by atoms with Gasteiger partial charge in [-0.3, -0.25) is 0 Å². The van der Waals surface area contributed by atoms with E-state index in [-0.39, 0.29) is 0 Å². The van der Waals surface area contributed by atoms with Crippen molar-refractivity contribution in [2.24, 2.45) is 0 Å². The van der Waals surface area contributed by atoms with E-state index in [1.54, 1.807) is 0 Å². The van der Waals surface area contributed by atoms with Gasteiger partial charge in [-0.2, -0.15) is 5.26 Å². The van der Waals surface area contributed by atoms with Gasteiger partial charge in [0.1, 0.15) is 0 Å². The van der Waals surface area contributed by atoms with E-state index in [2.05, 4.69) is 46.6 Å². The zero-order valence-electron chi connectivity index (χ0n) is 11.3. The second-order valence-electron chi connectivity index (χ2n) is 5.03. The molecule has 2 aromatic carbocycles. The molecule has 1 aliphatic heterocycles. The summed E-state index contributed by atoms with van der Waals surface area (Å²) < 4.78 is 0. The first-order chi connectivity index (χ1) is 9.86. The van der Waals surface area contributed by atoms with E-state index in [0.29, 0.717) is 0 Å². The summed E-state index contributed by atoms with van der Waals surface area (Å²) >= 11 is 0. The van der Waals surface area contributed by atoms with Crippen molar-refractivity contribution in [1.29, 1.82) is 5.26 Å². The van der Waals surface area contributed by atoms with Gasteiger partial charge < -0.3 is 10.2 Å². The molecule has 2 aromatic rings. The molecule has 3 nitrogen and oxygen atoms in total. The zero-order chi connectivity index (χ0) is 13.8. The van der Waals surface area contributed by atoms with Crippen LogP contribution in [0.4, 0.5) is 11.4 Å². The molecule has 20 heavy (non-hydrogen) atoms. The number of nitrogens with one attached hydrogen (secondary N) is 1. The van der Waals surface area contributed by atoms with Crippen molar-refractivity contribution in [2.75, 3.05) is 23.3 Å². The van der Waals surface area contributed by atoms with Gasteiger partial charge in [0.05, 0.1) is 23.0 Å². The van der Waals surface area contributed by atoms with Crippen molar-refractivity contribution in [2.45, 2.75) is 13.0 Å². The molecule has 3 rings (SSSR count). The molecule has 1 N–H and O–H groups in total. The molecular weight excluding hydrogens is 246 g/mol. The van der Waals surface area contributed by atoms with Gasteiger partial charge in [-0.15, -0.1) is 0 Å². The molecule has 0 unspecified atom stereocenters. The van der Waals surface area contributed by atoms with Crippen molar-refractivity contribution in [3.63, 3.8) is 0 Å². The average molecular weight is 263 g/mol. The summed E-state index contributed by atoms with van der Waals surface area (Å²) in [5.41, 5.74) is 4.35. The predicted octanol–water partition coefficient (Wildman–Crippen LogP) is 3.38. The number of hydrogen-bond donors (Lipinski definition) is 1. The zero-order valence-corrected chi connectivity index (χ0v) is 11.3. The third kappa shape index (κ3) is 2.60. The number of hydrogen-bond acceptors (Lipinski definition) is 3. The highest BCUT2D eigenvalue weighted by Gasteiger charge is 2.14. The Kier molecular flexibility index (Phi) is 3.56. The number of para-hydroxylation sites is 2. The molecule has 0 aromatic heterocycles. The molecule has 0 saturated carbocycles. The Morgan fingerprint density at radius 3 is 2.95 bits per heavy atom. The van der Waals surface area contributed by atoms with Crippen molar-refractivity contribution in [3.8, 4) is 6.07 Å². The van der Waals surface area contributed by atoms with Crippen LogP contribution in [0.25, 0.3) is 0 Å². The SMILES string of the molecule is N#Cc1cccc(CN2CCCNc3ccccc32)c1. The van der Waals surface area contributed by atoms with Crippen molar-refractivity contribution in [1.82, 2.24) is 0 Å². The van der Waals surface area contributed by atoms with Crippen molar-refractivity contribution < 1.29 is 0 Å². The van der Waals surface area contributed by atoms with Crippen LogP contribution < -0.4 is 10.2 Å². The lowest BCUT2D eigenvalue weighted by atomic mass is 10.1. The summed E-state index contributed by atoms with van der Waals surface area (Å²) in [4.78, 5) is 2.38. The van der Waals surface area contributed by atoms with Crippen LogP contribution in [0.2, 0.25) is 0 Å². The summed E-state index contributed by atoms with van der Waals surface area (Å²) in [5.74, 6) is 0. The number of fused-ring (bicyclic) bond motifs is 1. The molecule has 0 radical (unpaired) electrons. The molecule has 0 aliphatic carbocycles. The Labute approximate surface area is 119 Å². The van der Waals surface area contributed by atoms with E-state index < -0.39 is 0 Å². The first-order valence-corrected chi connectivity index (χ1v) is 6.94. The molecular formula is C17H17N3. The lowest BCUT2D eigenvalue weighted by Gasteiger charge is -2.24. The first-order valence-electron chi connectivity index (χ1n) is 6.94. The van der Waals surface area contributed by atoms with Gasteiger partial charge in [0, 0.05) is 19.6 Å². The summed E-state index contributed by atoms with van der Waals surface area (Å²) in [6, 6.07) is 18.5. The second-order valence-corrected chi connectivity index (χ2v) is 5.03. The number of benzene rings is 2. The number of rotatable bonds is 2. The lowest BCUT2D eigenvalue weighted by molar-refractivity contribution is 0.764. The van der Waals surface area contributed by atoms with Crippen LogP contribution in [0.3, 0.4) is 0 Å².